The second-order valence-electron chi connectivity index (χ2n) is 4.10. The van der Waals surface area contributed by atoms with E-state index >= 15 is 0 Å². The molecule has 0 aromatic heterocycles. The lowest BCUT2D eigenvalue weighted by molar-refractivity contribution is -0.0514. The molecule has 0 aliphatic rings. The van der Waals surface area contributed by atoms with E-state index in [1.54, 1.807) is 13.8 Å². The number of carbonyl (C=O) groups excluding carboxylic acids is 1. The van der Waals surface area contributed by atoms with E-state index in [0.29, 0.717) is 5.56 Å². The molecule has 1 atom stereocenters. The Balaban J connectivity index is 3.03. The number of benzene rings is 1. The summed E-state index contributed by atoms with van der Waals surface area (Å²) in [6.45, 7) is 0.618. The lowest BCUT2D eigenvalue weighted by Crippen LogP contribution is -2.11. The fraction of sp³-hybridized carbons (Fsp3) is 0.429. The van der Waals surface area contributed by atoms with Crippen molar-refractivity contribution in [2.24, 2.45) is 5.92 Å². The summed E-state index contributed by atoms with van der Waals surface area (Å²) in [6.07, 6.45) is 0.0953. The second kappa shape index (κ2) is 7.43. The Bertz CT molecular complexity index is 512. The van der Waals surface area contributed by atoms with Gasteiger partial charge in [0.2, 0.25) is 0 Å². The van der Waals surface area contributed by atoms with Crippen LogP contribution in [-0.4, -0.2) is 19.0 Å². The molecule has 4 nitrogen and oxygen atoms in total. The van der Waals surface area contributed by atoms with E-state index in [0.717, 1.165) is 0 Å². The third-order valence-electron chi connectivity index (χ3n) is 2.59. The highest BCUT2D eigenvalue weighted by Gasteiger charge is 2.18. The summed E-state index contributed by atoms with van der Waals surface area (Å²) in [5, 5.41) is 8.58. The van der Waals surface area contributed by atoms with Crippen LogP contribution in [0, 0.1) is 17.2 Å². The first-order chi connectivity index (χ1) is 9.49. The molecule has 1 aromatic rings. The first kappa shape index (κ1) is 15.9. The Morgan fingerprint density at radius 1 is 1.40 bits per heavy atom. The molecule has 0 bridgehead atoms. The number of Topliss-reactive ketones (excluding diaryl/α,β-unsaturated/α-hetero) is 1. The number of carbonyl (C=O) groups is 1. The van der Waals surface area contributed by atoms with Crippen molar-refractivity contribution in [1.29, 1.82) is 5.26 Å². The van der Waals surface area contributed by atoms with Crippen LogP contribution in [0.2, 0.25) is 0 Å². The summed E-state index contributed by atoms with van der Waals surface area (Å²) in [4.78, 5) is 12.0. The van der Waals surface area contributed by atoms with Gasteiger partial charge in [-0.3, -0.25) is 4.79 Å². The number of nitriles is 1. The van der Waals surface area contributed by atoms with Gasteiger partial charge >= 0.3 is 6.61 Å². The summed E-state index contributed by atoms with van der Waals surface area (Å²) in [5.41, 5.74) is 0.304. The van der Waals surface area contributed by atoms with Gasteiger partial charge in [-0.2, -0.15) is 14.0 Å². The van der Waals surface area contributed by atoms with Crippen LogP contribution >= 0.6 is 0 Å². The van der Waals surface area contributed by atoms with E-state index < -0.39 is 12.5 Å². The predicted octanol–water partition coefficient (Wildman–Crippen LogP) is 3.42. The minimum absolute atomic E-state index is 0.0859. The molecule has 1 unspecified atom stereocenters. The molecule has 0 amide bonds. The zero-order valence-electron chi connectivity index (χ0n) is 11.2. The van der Waals surface area contributed by atoms with E-state index in [1.807, 2.05) is 6.07 Å². The van der Waals surface area contributed by atoms with Crippen molar-refractivity contribution >= 4 is 5.78 Å². The molecule has 0 saturated heterocycles. The van der Waals surface area contributed by atoms with Crippen molar-refractivity contribution in [3.63, 3.8) is 0 Å². The average Bonchev–Trinajstić information content (AvgIpc) is 2.40. The van der Waals surface area contributed by atoms with Gasteiger partial charge in [0.05, 0.1) is 12.7 Å². The normalized spacial score (nSPS) is 11.8. The molecule has 0 radical (unpaired) electrons. The highest BCUT2D eigenvalue weighted by Crippen LogP contribution is 2.30. The molecule has 6 heteroatoms. The van der Waals surface area contributed by atoms with Crippen molar-refractivity contribution < 1.29 is 23.0 Å². The summed E-state index contributed by atoms with van der Waals surface area (Å²) >= 11 is 0. The van der Waals surface area contributed by atoms with E-state index in [4.69, 9.17) is 10.00 Å². The SMILES string of the molecule is CCOc1cc(C(=O)C(C)CC#N)ccc1OC(F)F. The Morgan fingerprint density at radius 2 is 2.10 bits per heavy atom. The Kier molecular flexibility index (Phi) is 5.91. The number of rotatable bonds is 7. The Hall–Kier alpha value is -2.16. The standard InChI is InChI=1S/C14H15F2NO3/c1-3-19-12-8-10(13(18)9(2)6-7-17)4-5-11(12)20-14(15)16/h4-5,8-9,14H,3,6H2,1-2H3. The van der Waals surface area contributed by atoms with Crippen LogP contribution in [0.15, 0.2) is 18.2 Å². The minimum Gasteiger partial charge on any atom is -0.490 e. The maximum absolute atomic E-state index is 12.2. The van der Waals surface area contributed by atoms with Crippen LogP contribution in [0.3, 0.4) is 0 Å². The highest BCUT2D eigenvalue weighted by molar-refractivity contribution is 5.98. The van der Waals surface area contributed by atoms with Gasteiger partial charge < -0.3 is 9.47 Å². The topological polar surface area (TPSA) is 59.3 Å². The number of halogens is 2. The molecular formula is C14H15F2NO3. The maximum Gasteiger partial charge on any atom is 0.387 e. The van der Waals surface area contributed by atoms with Gasteiger partial charge in [-0.05, 0) is 25.1 Å². The van der Waals surface area contributed by atoms with Crippen LogP contribution in [0.25, 0.3) is 0 Å². The second-order valence-corrected chi connectivity index (χ2v) is 4.10. The monoisotopic (exact) mass is 283 g/mol. The summed E-state index contributed by atoms with van der Waals surface area (Å²) in [7, 11) is 0. The third kappa shape index (κ3) is 4.19. The van der Waals surface area contributed by atoms with Gasteiger partial charge in [0.25, 0.3) is 0 Å². The molecule has 0 aliphatic heterocycles. The van der Waals surface area contributed by atoms with Crippen molar-refractivity contribution in [1.82, 2.24) is 0 Å². The quantitative estimate of drug-likeness (QED) is 0.719. The van der Waals surface area contributed by atoms with Gasteiger partial charge in [-0.25, -0.2) is 0 Å². The molecule has 0 heterocycles. The van der Waals surface area contributed by atoms with Crippen molar-refractivity contribution in [3.05, 3.63) is 23.8 Å². The van der Waals surface area contributed by atoms with Crippen LogP contribution in [0.1, 0.15) is 30.6 Å². The van der Waals surface area contributed by atoms with Crippen LogP contribution in [0.4, 0.5) is 8.78 Å². The maximum atomic E-state index is 12.2. The molecule has 20 heavy (non-hydrogen) atoms. The van der Waals surface area contributed by atoms with E-state index in [1.165, 1.54) is 18.2 Å². The fourth-order valence-electron chi connectivity index (χ4n) is 1.64. The first-order valence-corrected chi connectivity index (χ1v) is 6.12. The molecule has 0 N–H and O–H groups in total. The van der Waals surface area contributed by atoms with Gasteiger partial charge in [0, 0.05) is 17.9 Å². The summed E-state index contributed by atoms with van der Waals surface area (Å²) in [6, 6.07) is 5.93. The molecule has 0 saturated carbocycles. The van der Waals surface area contributed by atoms with Crippen LogP contribution in [-0.2, 0) is 0 Å². The molecule has 0 fully saturated rings. The molecule has 1 aromatic carbocycles. The van der Waals surface area contributed by atoms with Gasteiger partial charge in [-0.1, -0.05) is 6.92 Å². The number of ketones is 1. The molecular weight excluding hydrogens is 268 g/mol. The van der Waals surface area contributed by atoms with Gasteiger partial charge in [0.1, 0.15) is 0 Å². The molecule has 0 aliphatic carbocycles. The summed E-state index contributed by atoms with van der Waals surface area (Å²) in [5.74, 6) is -0.735. The smallest absolute Gasteiger partial charge is 0.387 e. The number of alkyl halides is 2. The van der Waals surface area contributed by atoms with Gasteiger partial charge in [0.15, 0.2) is 17.3 Å². The van der Waals surface area contributed by atoms with Crippen molar-refractivity contribution in [3.8, 4) is 17.6 Å². The van der Waals surface area contributed by atoms with Crippen LogP contribution < -0.4 is 9.47 Å². The van der Waals surface area contributed by atoms with Crippen LogP contribution in [0.5, 0.6) is 11.5 Å². The molecule has 108 valence electrons. The summed E-state index contributed by atoms with van der Waals surface area (Å²) < 4.78 is 34.0. The molecule has 0 spiro atoms. The van der Waals surface area contributed by atoms with E-state index in [9.17, 15) is 13.6 Å². The minimum atomic E-state index is -2.96. The Labute approximate surface area is 115 Å². The lowest BCUT2D eigenvalue weighted by atomic mass is 9.97. The third-order valence-corrected chi connectivity index (χ3v) is 2.59. The Morgan fingerprint density at radius 3 is 2.65 bits per heavy atom. The number of nitrogens with zero attached hydrogens (tertiary/aromatic N) is 1. The number of ether oxygens (including phenoxy) is 2. The number of hydrogen-bond acceptors (Lipinski definition) is 4. The highest BCUT2D eigenvalue weighted by atomic mass is 19.3. The number of hydrogen-bond donors (Lipinski definition) is 0. The first-order valence-electron chi connectivity index (χ1n) is 6.12. The largest absolute Gasteiger partial charge is 0.490 e. The van der Waals surface area contributed by atoms with E-state index in [-0.39, 0.29) is 30.3 Å². The zero-order chi connectivity index (χ0) is 15.1. The lowest BCUT2D eigenvalue weighted by Gasteiger charge is -2.13. The van der Waals surface area contributed by atoms with Crippen molar-refractivity contribution in [2.45, 2.75) is 26.9 Å². The van der Waals surface area contributed by atoms with Crippen molar-refractivity contribution in [2.75, 3.05) is 6.61 Å². The van der Waals surface area contributed by atoms with Gasteiger partial charge in [-0.15, -0.1) is 0 Å². The fourth-order valence-corrected chi connectivity index (χ4v) is 1.64. The zero-order valence-corrected chi connectivity index (χ0v) is 11.2. The molecule has 1 rings (SSSR count). The predicted molar refractivity (Wildman–Crippen MR) is 68.0 cm³/mol. The van der Waals surface area contributed by atoms with E-state index in [2.05, 4.69) is 4.74 Å². The average molecular weight is 283 g/mol.